The second-order valence-electron chi connectivity index (χ2n) is 8.94. The van der Waals surface area contributed by atoms with Crippen LogP contribution in [0.2, 0.25) is 0 Å². The highest BCUT2D eigenvalue weighted by Gasteiger charge is 2.41. The molecule has 2 aliphatic rings. The van der Waals surface area contributed by atoms with Gasteiger partial charge in [-0.1, -0.05) is 17.4 Å². The van der Waals surface area contributed by atoms with Crippen molar-refractivity contribution in [3.63, 3.8) is 0 Å². The molecule has 12 heteroatoms. The van der Waals surface area contributed by atoms with Crippen molar-refractivity contribution in [1.82, 2.24) is 20.5 Å². The van der Waals surface area contributed by atoms with Gasteiger partial charge in [-0.3, -0.25) is 14.5 Å². The number of amides is 2. The van der Waals surface area contributed by atoms with E-state index in [0.29, 0.717) is 37.2 Å². The molecule has 1 aliphatic heterocycles. The van der Waals surface area contributed by atoms with Crippen molar-refractivity contribution in [2.75, 3.05) is 26.7 Å². The predicted octanol–water partition coefficient (Wildman–Crippen LogP) is 2.53. The van der Waals surface area contributed by atoms with Crippen LogP contribution in [-0.2, 0) is 16.6 Å². The number of ether oxygens (including phenoxy) is 1. The quantitative estimate of drug-likeness (QED) is 0.527. The Bertz CT molecular complexity index is 1060. The van der Waals surface area contributed by atoms with Gasteiger partial charge in [0.15, 0.2) is 0 Å². The van der Waals surface area contributed by atoms with Crippen molar-refractivity contribution in [2.45, 2.75) is 49.5 Å². The van der Waals surface area contributed by atoms with Crippen molar-refractivity contribution < 1.29 is 32.6 Å². The number of hydrogen-bond donors (Lipinski definition) is 3. The Hall–Kier alpha value is -2.70. The number of methoxy groups -OCH3 is 1. The van der Waals surface area contributed by atoms with E-state index in [1.165, 1.54) is 17.4 Å². The van der Waals surface area contributed by atoms with Gasteiger partial charge in [-0.25, -0.2) is 4.98 Å². The molecule has 8 nitrogen and oxygen atoms in total. The lowest BCUT2D eigenvalue weighted by Gasteiger charge is -2.48. The van der Waals surface area contributed by atoms with Gasteiger partial charge < -0.3 is 20.5 Å². The zero-order chi connectivity index (χ0) is 25.2. The van der Waals surface area contributed by atoms with E-state index in [2.05, 4.69) is 20.5 Å². The molecule has 1 saturated carbocycles. The van der Waals surface area contributed by atoms with Crippen molar-refractivity contribution in [1.29, 1.82) is 0 Å². The number of aromatic nitrogens is 1. The van der Waals surface area contributed by atoms with Gasteiger partial charge in [-0.05, 0) is 43.9 Å². The van der Waals surface area contributed by atoms with Crippen molar-refractivity contribution in [2.24, 2.45) is 0 Å². The van der Waals surface area contributed by atoms with E-state index in [1.807, 2.05) is 0 Å². The van der Waals surface area contributed by atoms with E-state index < -0.39 is 29.2 Å². The summed E-state index contributed by atoms with van der Waals surface area (Å²) in [6.45, 7) is 1.02. The van der Waals surface area contributed by atoms with Gasteiger partial charge in [0.2, 0.25) is 5.91 Å². The Labute approximate surface area is 204 Å². The van der Waals surface area contributed by atoms with E-state index in [9.17, 15) is 27.9 Å². The van der Waals surface area contributed by atoms with Gasteiger partial charge in [-0.2, -0.15) is 13.2 Å². The number of rotatable bonds is 7. The summed E-state index contributed by atoms with van der Waals surface area (Å²) >= 11 is 1.36. The predicted molar refractivity (Wildman–Crippen MR) is 122 cm³/mol. The highest BCUT2D eigenvalue weighted by Crippen LogP contribution is 2.42. The smallest absolute Gasteiger partial charge is 0.416 e. The van der Waals surface area contributed by atoms with Crippen molar-refractivity contribution in [3.05, 3.63) is 46.5 Å². The summed E-state index contributed by atoms with van der Waals surface area (Å²) in [7, 11) is 1.55. The molecule has 0 bridgehead atoms. The number of likely N-dealkylation sites (tertiary alicyclic amines) is 1. The van der Waals surface area contributed by atoms with Gasteiger partial charge >= 0.3 is 6.18 Å². The second-order valence-corrected chi connectivity index (χ2v) is 9.93. The molecular weight excluding hydrogens is 485 g/mol. The summed E-state index contributed by atoms with van der Waals surface area (Å²) in [5.41, 5.74) is -1.96. The number of aliphatic hydroxyl groups is 1. The number of nitrogens with zero attached hydrogens (tertiary/aromatic N) is 2. The fraction of sp³-hybridized carbons (Fsp3) is 0.522. The largest absolute Gasteiger partial charge is 0.473 e. The number of thiazole rings is 1. The van der Waals surface area contributed by atoms with Crippen LogP contribution in [0.25, 0.3) is 0 Å². The van der Waals surface area contributed by atoms with E-state index in [1.54, 1.807) is 13.3 Å². The molecule has 2 heterocycles. The van der Waals surface area contributed by atoms with Crippen molar-refractivity contribution >= 4 is 23.2 Å². The maximum atomic E-state index is 12.8. The minimum Gasteiger partial charge on any atom is -0.473 e. The standard InChI is InChI=1S/C23H27F3N4O4S/c1-34-21-28-10-18(35-21)22(33)7-5-17(6-8-22)30-12-16(13-30)29-19(31)11-27-20(32)14-3-2-4-15(9-14)23(24,25)26/h2-4,9-10,16-17,33H,5-8,11-13H2,1H3,(H,27,32)(H,29,31)/t17-,22-. The SMILES string of the molecule is COc1ncc([C@]2(O)CC[C@H](N3CC(NC(=O)CNC(=O)c4cccc(C(F)(F)F)c4)C3)CC2)s1. The van der Waals surface area contributed by atoms with Crippen LogP contribution in [0.1, 0.15) is 46.5 Å². The highest BCUT2D eigenvalue weighted by molar-refractivity contribution is 7.13. The van der Waals surface area contributed by atoms with Gasteiger partial charge in [0.1, 0.15) is 5.60 Å². The average Bonchev–Trinajstić information content (AvgIpc) is 3.30. The van der Waals surface area contributed by atoms with Crippen molar-refractivity contribution in [3.8, 4) is 5.19 Å². The third-order valence-electron chi connectivity index (χ3n) is 6.55. The molecule has 1 aromatic carbocycles. The zero-order valence-electron chi connectivity index (χ0n) is 19.1. The number of carbonyl (C=O) groups is 2. The van der Waals surface area contributed by atoms with E-state index >= 15 is 0 Å². The number of carbonyl (C=O) groups excluding carboxylic acids is 2. The molecule has 2 amide bonds. The summed E-state index contributed by atoms with van der Waals surface area (Å²) in [6, 6.07) is 4.32. The molecule has 190 valence electrons. The number of benzene rings is 1. The fourth-order valence-corrected chi connectivity index (χ4v) is 5.42. The molecule has 3 N–H and O–H groups in total. The normalized spacial score (nSPS) is 23.4. The first-order chi connectivity index (χ1) is 16.6. The fourth-order valence-electron chi connectivity index (χ4n) is 4.54. The Kier molecular flexibility index (Phi) is 7.34. The lowest BCUT2D eigenvalue weighted by Crippen LogP contribution is -2.63. The number of hydrogen-bond acceptors (Lipinski definition) is 7. The molecule has 2 fully saturated rings. The van der Waals surface area contributed by atoms with Crippen LogP contribution in [-0.4, -0.2) is 65.6 Å². The van der Waals surface area contributed by atoms with Crippen LogP contribution >= 0.6 is 11.3 Å². The number of nitrogens with one attached hydrogen (secondary N) is 2. The molecule has 0 spiro atoms. The Morgan fingerprint density at radius 1 is 1.29 bits per heavy atom. The van der Waals surface area contributed by atoms with Gasteiger partial charge in [0.05, 0.1) is 30.1 Å². The number of alkyl halides is 3. The lowest BCUT2D eigenvalue weighted by atomic mass is 9.80. The van der Waals surface area contributed by atoms with E-state index in [4.69, 9.17) is 4.74 Å². The van der Waals surface area contributed by atoms with Gasteiger partial charge in [0, 0.05) is 30.9 Å². The van der Waals surface area contributed by atoms with E-state index in [0.717, 1.165) is 35.9 Å². The average molecular weight is 513 g/mol. The molecule has 1 saturated heterocycles. The lowest BCUT2D eigenvalue weighted by molar-refractivity contribution is -0.137. The minimum absolute atomic E-state index is 0.0560. The second kappa shape index (κ2) is 10.1. The summed E-state index contributed by atoms with van der Waals surface area (Å²) in [5.74, 6) is -1.14. The van der Waals surface area contributed by atoms with Crippen LogP contribution in [0.4, 0.5) is 13.2 Å². The van der Waals surface area contributed by atoms with Gasteiger partial charge in [-0.15, -0.1) is 0 Å². The maximum absolute atomic E-state index is 12.8. The Balaban J connectivity index is 1.17. The van der Waals surface area contributed by atoms with Crippen LogP contribution < -0.4 is 15.4 Å². The maximum Gasteiger partial charge on any atom is 0.416 e. The Morgan fingerprint density at radius 2 is 2.00 bits per heavy atom. The number of halogens is 3. The van der Waals surface area contributed by atoms with Crippen LogP contribution in [0.15, 0.2) is 30.5 Å². The molecule has 35 heavy (non-hydrogen) atoms. The first-order valence-electron chi connectivity index (χ1n) is 11.3. The topological polar surface area (TPSA) is 104 Å². The first kappa shape index (κ1) is 25.4. The summed E-state index contributed by atoms with van der Waals surface area (Å²) in [6.07, 6.45) is 0.0192. The molecule has 2 aromatic rings. The Morgan fingerprint density at radius 3 is 2.63 bits per heavy atom. The van der Waals surface area contributed by atoms with Crippen LogP contribution in [0, 0.1) is 0 Å². The summed E-state index contributed by atoms with van der Waals surface area (Å²) in [4.78, 5) is 31.5. The third kappa shape index (κ3) is 5.93. The first-order valence-corrected chi connectivity index (χ1v) is 12.1. The molecule has 1 aliphatic carbocycles. The van der Waals surface area contributed by atoms with Crippen LogP contribution in [0.5, 0.6) is 5.19 Å². The monoisotopic (exact) mass is 512 g/mol. The zero-order valence-corrected chi connectivity index (χ0v) is 19.9. The summed E-state index contributed by atoms with van der Waals surface area (Å²) < 4.78 is 43.6. The summed E-state index contributed by atoms with van der Waals surface area (Å²) in [5, 5.41) is 16.7. The van der Waals surface area contributed by atoms with Crippen LogP contribution in [0.3, 0.4) is 0 Å². The molecule has 1 aromatic heterocycles. The van der Waals surface area contributed by atoms with E-state index in [-0.39, 0.29) is 18.2 Å². The highest BCUT2D eigenvalue weighted by atomic mass is 32.1. The minimum atomic E-state index is -4.55. The molecular formula is C23H27F3N4O4S. The molecule has 0 radical (unpaired) electrons. The van der Waals surface area contributed by atoms with Gasteiger partial charge in [0.25, 0.3) is 11.1 Å². The molecule has 0 unspecified atom stereocenters. The third-order valence-corrected chi connectivity index (χ3v) is 7.70. The molecule has 4 rings (SSSR count). The molecule has 0 atom stereocenters.